The number of nitrogens with zero attached hydrogens (tertiary/aromatic N) is 2. The SMILES string of the molecule is CCOc1cc([C@H](Nc2cc(C(N)=O)ccc2F)C(=O)N2CCC[C@@H]2c2cc(NC(=O)N(C)C)ccc2S(C)(=O)=O)ccc1F. The van der Waals surface area contributed by atoms with Crippen molar-refractivity contribution in [3.8, 4) is 5.75 Å². The van der Waals surface area contributed by atoms with Crippen molar-refractivity contribution < 1.29 is 36.3 Å². The number of amides is 4. The molecule has 0 spiro atoms. The topological polar surface area (TPSA) is 151 Å². The maximum Gasteiger partial charge on any atom is 0.321 e. The number of nitrogens with two attached hydrogens (primary N) is 1. The standard InChI is InChI=1S/C31H35F2N5O6S/c1-5-44-26-16-18(8-12-23(26)33)28(36-24-15-19(29(34)39)9-11-22(24)32)30(40)38-14-6-7-25(38)21-17-20(35-31(41)37(2)3)10-13-27(21)45(4,42)43/h8-13,15-17,25,28,36H,5-7,14H2,1-4H3,(H2,34,39)(H,35,41)/t25-,28+/m1/s1. The quantitative estimate of drug-likeness (QED) is 0.295. The highest BCUT2D eigenvalue weighted by Crippen LogP contribution is 2.40. The van der Waals surface area contributed by atoms with Gasteiger partial charge in [0.1, 0.15) is 11.9 Å². The van der Waals surface area contributed by atoms with Crippen molar-refractivity contribution in [3.63, 3.8) is 0 Å². The molecular weight excluding hydrogens is 608 g/mol. The summed E-state index contributed by atoms with van der Waals surface area (Å²) in [5, 5.41) is 5.56. The third-order valence-corrected chi connectivity index (χ3v) is 8.52. The molecule has 3 aromatic carbocycles. The van der Waals surface area contributed by atoms with Gasteiger partial charge in [0.15, 0.2) is 21.4 Å². The maximum atomic E-state index is 15.0. The van der Waals surface area contributed by atoms with Crippen LogP contribution in [0.5, 0.6) is 5.75 Å². The second kappa shape index (κ2) is 13.5. The molecule has 1 heterocycles. The van der Waals surface area contributed by atoms with Crippen LogP contribution in [0.2, 0.25) is 0 Å². The first-order valence-corrected chi connectivity index (χ1v) is 16.0. The van der Waals surface area contributed by atoms with Gasteiger partial charge in [-0.1, -0.05) is 6.07 Å². The molecule has 14 heteroatoms. The number of ether oxygens (including phenoxy) is 1. The van der Waals surface area contributed by atoms with Gasteiger partial charge in [-0.2, -0.15) is 0 Å². The lowest BCUT2D eigenvalue weighted by Crippen LogP contribution is -2.38. The second-order valence-electron chi connectivity index (χ2n) is 10.8. The van der Waals surface area contributed by atoms with Crippen LogP contribution >= 0.6 is 0 Å². The van der Waals surface area contributed by atoms with Crippen molar-refractivity contribution in [2.45, 2.75) is 36.7 Å². The molecule has 4 rings (SSSR count). The molecule has 240 valence electrons. The number of sulfone groups is 1. The van der Waals surface area contributed by atoms with Gasteiger partial charge in [-0.05, 0) is 79.4 Å². The van der Waals surface area contributed by atoms with Crippen LogP contribution in [0, 0.1) is 11.6 Å². The minimum absolute atomic E-state index is 0.00681. The number of carbonyl (C=O) groups excluding carboxylic acids is 3. The molecule has 1 aliphatic rings. The molecule has 1 fully saturated rings. The van der Waals surface area contributed by atoms with Gasteiger partial charge < -0.3 is 30.9 Å². The third kappa shape index (κ3) is 7.51. The van der Waals surface area contributed by atoms with Gasteiger partial charge in [0.05, 0.1) is 23.2 Å². The fourth-order valence-corrected chi connectivity index (χ4v) is 6.12. The number of likely N-dealkylation sites (tertiary alicyclic amines) is 1. The Morgan fingerprint density at radius 3 is 2.42 bits per heavy atom. The first-order valence-electron chi connectivity index (χ1n) is 14.1. The molecule has 0 unspecified atom stereocenters. The number of hydrogen-bond donors (Lipinski definition) is 3. The number of urea groups is 1. The number of anilines is 2. The number of rotatable bonds is 10. The van der Waals surface area contributed by atoms with Crippen LogP contribution in [0.15, 0.2) is 59.5 Å². The van der Waals surface area contributed by atoms with Crippen LogP contribution in [0.1, 0.15) is 53.3 Å². The molecule has 0 bridgehead atoms. The van der Waals surface area contributed by atoms with Gasteiger partial charge in [0, 0.05) is 38.1 Å². The van der Waals surface area contributed by atoms with Gasteiger partial charge in [-0.15, -0.1) is 0 Å². The van der Waals surface area contributed by atoms with Crippen molar-refractivity contribution in [1.82, 2.24) is 9.80 Å². The normalized spacial score (nSPS) is 15.3. The lowest BCUT2D eigenvalue weighted by molar-refractivity contribution is -0.133. The van der Waals surface area contributed by atoms with Crippen LogP contribution < -0.4 is 21.1 Å². The van der Waals surface area contributed by atoms with E-state index in [0.717, 1.165) is 18.4 Å². The summed E-state index contributed by atoms with van der Waals surface area (Å²) >= 11 is 0. The van der Waals surface area contributed by atoms with Gasteiger partial charge in [0.2, 0.25) is 11.8 Å². The first kappa shape index (κ1) is 33.2. The third-order valence-electron chi connectivity index (χ3n) is 7.35. The van der Waals surface area contributed by atoms with Gasteiger partial charge >= 0.3 is 6.03 Å². The molecule has 1 aliphatic heterocycles. The zero-order chi connectivity index (χ0) is 33.1. The van der Waals surface area contributed by atoms with E-state index in [1.54, 1.807) is 21.0 Å². The largest absolute Gasteiger partial charge is 0.491 e. The van der Waals surface area contributed by atoms with E-state index in [4.69, 9.17) is 10.5 Å². The van der Waals surface area contributed by atoms with Crippen molar-refractivity contribution in [2.24, 2.45) is 5.73 Å². The Balaban J connectivity index is 1.82. The number of nitrogens with one attached hydrogen (secondary N) is 2. The smallest absolute Gasteiger partial charge is 0.321 e. The molecule has 11 nitrogen and oxygen atoms in total. The van der Waals surface area contributed by atoms with E-state index in [1.165, 1.54) is 52.3 Å². The second-order valence-corrected chi connectivity index (χ2v) is 12.8. The van der Waals surface area contributed by atoms with Crippen LogP contribution in [0.4, 0.5) is 25.0 Å². The molecule has 0 saturated carbocycles. The minimum Gasteiger partial charge on any atom is -0.491 e. The summed E-state index contributed by atoms with van der Waals surface area (Å²) < 4.78 is 60.6. The Morgan fingerprint density at radius 1 is 1.07 bits per heavy atom. The lowest BCUT2D eigenvalue weighted by Gasteiger charge is -2.31. The van der Waals surface area contributed by atoms with E-state index < -0.39 is 51.4 Å². The predicted molar refractivity (Wildman–Crippen MR) is 165 cm³/mol. The fraction of sp³-hybridized carbons (Fsp3) is 0.323. The van der Waals surface area contributed by atoms with E-state index in [1.807, 2.05) is 0 Å². The Bertz CT molecular complexity index is 1730. The molecule has 4 N–H and O–H groups in total. The summed E-state index contributed by atoms with van der Waals surface area (Å²) in [5.41, 5.74) is 6.05. The Kier molecular flexibility index (Phi) is 9.96. The van der Waals surface area contributed by atoms with E-state index in [9.17, 15) is 27.2 Å². The summed E-state index contributed by atoms with van der Waals surface area (Å²) in [5.74, 6) is -2.94. The van der Waals surface area contributed by atoms with E-state index in [0.29, 0.717) is 24.1 Å². The predicted octanol–water partition coefficient (Wildman–Crippen LogP) is 4.48. The van der Waals surface area contributed by atoms with Crippen molar-refractivity contribution in [3.05, 3.63) is 82.9 Å². The molecule has 1 saturated heterocycles. The average molecular weight is 644 g/mol. The molecule has 0 aliphatic carbocycles. The van der Waals surface area contributed by atoms with Crippen molar-refractivity contribution in [2.75, 3.05) is 44.1 Å². The number of hydrogen-bond acceptors (Lipinski definition) is 7. The van der Waals surface area contributed by atoms with Gasteiger partial charge in [-0.25, -0.2) is 22.0 Å². The van der Waals surface area contributed by atoms with Crippen LogP contribution in [-0.2, 0) is 14.6 Å². The number of carbonyl (C=O) groups is 3. The van der Waals surface area contributed by atoms with Crippen LogP contribution in [0.3, 0.4) is 0 Å². The van der Waals surface area contributed by atoms with Crippen molar-refractivity contribution in [1.29, 1.82) is 0 Å². The molecular formula is C31H35F2N5O6S. The monoisotopic (exact) mass is 643 g/mol. The molecule has 3 aromatic rings. The Morgan fingerprint density at radius 2 is 1.78 bits per heavy atom. The number of primary amides is 1. The molecule has 2 atom stereocenters. The molecule has 45 heavy (non-hydrogen) atoms. The summed E-state index contributed by atoms with van der Waals surface area (Å²) in [6.45, 7) is 2.04. The Labute approximate surface area is 260 Å². The van der Waals surface area contributed by atoms with Crippen LogP contribution in [0.25, 0.3) is 0 Å². The fourth-order valence-electron chi connectivity index (χ4n) is 5.18. The minimum atomic E-state index is -3.77. The highest BCUT2D eigenvalue weighted by atomic mass is 32.2. The number of halogens is 2. The van der Waals surface area contributed by atoms with Gasteiger partial charge in [-0.3, -0.25) is 9.59 Å². The number of benzene rings is 3. The summed E-state index contributed by atoms with van der Waals surface area (Å²) in [6, 6.07) is 9.10. The Hall–Kier alpha value is -4.72. The zero-order valence-electron chi connectivity index (χ0n) is 25.3. The van der Waals surface area contributed by atoms with Gasteiger partial charge in [0.25, 0.3) is 0 Å². The van der Waals surface area contributed by atoms with Crippen molar-refractivity contribution >= 4 is 39.1 Å². The first-order chi connectivity index (χ1) is 21.2. The van der Waals surface area contributed by atoms with E-state index in [-0.39, 0.29) is 40.6 Å². The van der Waals surface area contributed by atoms with Crippen LogP contribution in [-0.4, -0.2) is 69.6 Å². The van der Waals surface area contributed by atoms with E-state index in [2.05, 4.69) is 10.6 Å². The summed E-state index contributed by atoms with van der Waals surface area (Å²) in [7, 11) is -0.655. The molecule has 0 radical (unpaired) electrons. The van der Waals surface area contributed by atoms with E-state index >= 15 is 4.39 Å². The molecule has 4 amide bonds. The summed E-state index contributed by atoms with van der Waals surface area (Å²) in [4.78, 5) is 41.4. The molecule has 0 aromatic heterocycles. The zero-order valence-corrected chi connectivity index (χ0v) is 26.1. The lowest BCUT2D eigenvalue weighted by atomic mass is 10.0. The highest BCUT2D eigenvalue weighted by molar-refractivity contribution is 7.90. The maximum absolute atomic E-state index is 15.0. The average Bonchev–Trinajstić information content (AvgIpc) is 3.47. The summed E-state index contributed by atoms with van der Waals surface area (Å²) in [6.07, 6.45) is 1.96. The highest BCUT2D eigenvalue weighted by Gasteiger charge is 2.37.